The summed E-state index contributed by atoms with van der Waals surface area (Å²) in [6, 6.07) is 8.63. The highest BCUT2D eigenvalue weighted by Gasteiger charge is 2.16. The van der Waals surface area contributed by atoms with E-state index in [1.807, 2.05) is 23.9 Å². The molecule has 7 nitrogen and oxygen atoms in total. The first-order valence-electron chi connectivity index (χ1n) is 6.97. The van der Waals surface area contributed by atoms with Crippen molar-refractivity contribution in [2.24, 2.45) is 7.05 Å². The second-order valence-corrected chi connectivity index (χ2v) is 7.18. The molecule has 0 aliphatic carbocycles. The molecular formula is C15H17N5O2S. The molecule has 0 aliphatic heterocycles. The molecule has 2 aromatic heterocycles. The minimum absolute atomic E-state index is 0.229. The molecule has 0 fully saturated rings. The third kappa shape index (κ3) is 2.85. The zero-order chi connectivity index (χ0) is 16.6. The van der Waals surface area contributed by atoms with E-state index in [4.69, 9.17) is 0 Å². The van der Waals surface area contributed by atoms with Gasteiger partial charge in [0.2, 0.25) is 5.95 Å². The number of aryl methyl sites for hydroxylation is 1. The van der Waals surface area contributed by atoms with Crippen LogP contribution >= 0.6 is 0 Å². The predicted molar refractivity (Wildman–Crippen MR) is 90.9 cm³/mol. The van der Waals surface area contributed by atoms with E-state index >= 15 is 0 Å². The molecule has 8 heteroatoms. The van der Waals surface area contributed by atoms with Crippen LogP contribution in [-0.4, -0.2) is 36.3 Å². The molecule has 1 aromatic carbocycles. The van der Waals surface area contributed by atoms with Crippen LogP contribution in [-0.2, 0) is 16.9 Å². The number of benzene rings is 1. The molecule has 3 rings (SSSR count). The van der Waals surface area contributed by atoms with Crippen molar-refractivity contribution in [3.8, 4) is 0 Å². The minimum atomic E-state index is -3.35. The summed E-state index contributed by atoms with van der Waals surface area (Å²) in [5, 5.41) is 6.04. The first-order chi connectivity index (χ1) is 10.9. The quantitative estimate of drug-likeness (QED) is 0.761. The molecule has 120 valence electrons. The van der Waals surface area contributed by atoms with E-state index in [9.17, 15) is 8.42 Å². The van der Waals surface area contributed by atoms with Crippen LogP contribution in [0.5, 0.6) is 0 Å². The number of para-hydroxylation sites is 1. The van der Waals surface area contributed by atoms with Gasteiger partial charge in [-0.2, -0.15) is 4.98 Å². The van der Waals surface area contributed by atoms with E-state index in [1.165, 1.54) is 6.26 Å². The topological polar surface area (TPSA) is 88.9 Å². The van der Waals surface area contributed by atoms with Crippen LogP contribution < -0.4 is 10.6 Å². The van der Waals surface area contributed by atoms with E-state index < -0.39 is 9.84 Å². The monoisotopic (exact) mass is 331 g/mol. The standard InChI is InChI=1S/C15H17N5O2S/c1-16-15-18-11-8-9-20(2)13(11)14(19-15)17-10-6-4-5-7-12(10)23(3,21)22/h4-9H,1-3H3,(H2,16,17,18,19). The Labute approximate surface area is 134 Å². The Kier molecular flexibility index (Phi) is 3.69. The molecule has 0 spiro atoms. The smallest absolute Gasteiger partial charge is 0.225 e. The summed E-state index contributed by atoms with van der Waals surface area (Å²) >= 11 is 0. The maximum Gasteiger partial charge on any atom is 0.225 e. The van der Waals surface area contributed by atoms with Gasteiger partial charge in [0.25, 0.3) is 0 Å². The van der Waals surface area contributed by atoms with Crippen LogP contribution in [0, 0.1) is 0 Å². The van der Waals surface area contributed by atoms with Crippen molar-refractivity contribution in [2.45, 2.75) is 4.90 Å². The lowest BCUT2D eigenvalue weighted by Crippen LogP contribution is -2.06. The SMILES string of the molecule is CNc1nc(Nc2ccccc2S(C)(=O)=O)c2c(ccn2C)n1. The average molecular weight is 331 g/mol. The number of hydrogen-bond donors (Lipinski definition) is 2. The molecule has 2 N–H and O–H groups in total. The van der Waals surface area contributed by atoms with Crippen molar-refractivity contribution < 1.29 is 8.42 Å². The molecule has 23 heavy (non-hydrogen) atoms. The second kappa shape index (κ2) is 5.54. The fourth-order valence-electron chi connectivity index (χ4n) is 2.41. The molecule has 0 aliphatic rings. The maximum atomic E-state index is 12.0. The van der Waals surface area contributed by atoms with Crippen LogP contribution in [0.2, 0.25) is 0 Å². The highest BCUT2D eigenvalue weighted by atomic mass is 32.2. The first-order valence-corrected chi connectivity index (χ1v) is 8.86. The van der Waals surface area contributed by atoms with Gasteiger partial charge in [0.15, 0.2) is 15.7 Å². The van der Waals surface area contributed by atoms with Gasteiger partial charge in [0.1, 0.15) is 5.52 Å². The summed E-state index contributed by atoms with van der Waals surface area (Å²) in [5.74, 6) is 1.01. The van der Waals surface area contributed by atoms with Crippen molar-refractivity contribution in [2.75, 3.05) is 23.9 Å². The Hall–Kier alpha value is -2.61. The van der Waals surface area contributed by atoms with Crippen molar-refractivity contribution in [1.82, 2.24) is 14.5 Å². The molecule has 0 unspecified atom stereocenters. The van der Waals surface area contributed by atoms with Crippen molar-refractivity contribution in [1.29, 1.82) is 0 Å². The Morgan fingerprint density at radius 1 is 1.13 bits per heavy atom. The summed E-state index contributed by atoms with van der Waals surface area (Å²) in [5.41, 5.74) is 2.05. The van der Waals surface area contributed by atoms with Crippen molar-refractivity contribution >= 4 is 38.3 Å². The first kappa shape index (κ1) is 15.3. The second-order valence-electron chi connectivity index (χ2n) is 5.20. The molecular weight excluding hydrogens is 314 g/mol. The van der Waals surface area contributed by atoms with Gasteiger partial charge in [0.05, 0.1) is 16.1 Å². The van der Waals surface area contributed by atoms with Gasteiger partial charge in [-0.05, 0) is 18.2 Å². The van der Waals surface area contributed by atoms with Crippen LogP contribution in [0.4, 0.5) is 17.5 Å². The van der Waals surface area contributed by atoms with E-state index in [-0.39, 0.29) is 4.90 Å². The average Bonchev–Trinajstić information content (AvgIpc) is 2.88. The molecule has 0 radical (unpaired) electrons. The Morgan fingerprint density at radius 3 is 2.57 bits per heavy atom. The van der Waals surface area contributed by atoms with Gasteiger partial charge in [-0.1, -0.05) is 12.1 Å². The maximum absolute atomic E-state index is 12.0. The van der Waals surface area contributed by atoms with E-state index in [0.717, 1.165) is 11.0 Å². The molecule has 0 saturated carbocycles. The Morgan fingerprint density at radius 2 is 1.87 bits per heavy atom. The number of anilines is 3. The van der Waals surface area contributed by atoms with Gasteiger partial charge in [-0.25, -0.2) is 13.4 Å². The lowest BCUT2D eigenvalue weighted by atomic mass is 10.3. The van der Waals surface area contributed by atoms with Gasteiger partial charge in [0, 0.05) is 26.5 Å². The van der Waals surface area contributed by atoms with E-state index in [0.29, 0.717) is 17.5 Å². The molecule has 0 saturated heterocycles. The van der Waals surface area contributed by atoms with Crippen LogP contribution in [0.15, 0.2) is 41.4 Å². The highest BCUT2D eigenvalue weighted by Crippen LogP contribution is 2.29. The third-order valence-corrected chi connectivity index (χ3v) is 4.64. The summed E-state index contributed by atoms with van der Waals surface area (Å²) in [6.07, 6.45) is 3.07. The zero-order valence-electron chi connectivity index (χ0n) is 13.0. The van der Waals surface area contributed by atoms with Gasteiger partial charge in [-0.3, -0.25) is 0 Å². The number of hydrogen-bond acceptors (Lipinski definition) is 6. The lowest BCUT2D eigenvalue weighted by Gasteiger charge is -2.13. The zero-order valence-corrected chi connectivity index (χ0v) is 13.8. The van der Waals surface area contributed by atoms with Crippen LogP contribution in [0.25, 0.3) is 11.0 Å². The number of fused-ring (bicyclic) bond motifs is 1. The molecule has 3 aromatic rings. The fraction of sp³-hybridized carbons (Fsp3) is 0.200. The number of rotatable bonds is 4. The minimum Gasteiger partial charge on any atom is -0.357 e. The van der Waals surface area contributed by atoms with Crippen LogP contribution in [0.3, 0.4) is 0 Å². The fourth-order valence-corrected chi connectivity index (χ4v) is 3.26. The highest BCUT2D eigenvalue weighted by molar-refractivity contribution is 7.90. The molecule has 0 atom stereocenters. The third-order valence-electron chi connectivity index (χ3n) is 3.48. The number of nitrogens with one attached hydrogen (secondary N) is 2. The van der Waals surface area contributed by atoms with E-state index in [1.54, 1.807) is 31.3 Å². The van der Waals surface area contributed by atoms with Gasteiger partial charge in [-0.15, -0.1) is 0 Å². The lowest BCUT2D eigenvalue weighted by molar-refractivity contribution is 0.602. The summed E-state index contributed by atoms with van der Waals surface area (Å²) in [4.78, 5) is 9.04. The largest absolute Gasteiger partial charge is 0.357 e. The van der Waals surface area contributed by atoms with Crippen molar-refractivity contribution in [3.05, 3.63) is 36.5 Å². The number of aromatic nitrogens is 3. The molecule has 2 heterocycles. The number of sulfone groups is 1. The van der Waals surface area contributed by atoms with Gasteiger partial charge >= 0.3 is 0 Å². The normalized spacial score (nSPS) is 11.6. The predicted octanol–water partition coefficient (Wildman–Crippen LogP) is 2.16. The Balaban J connectivity index is 2.18. The summed E-state index contributed by atoms with van der Waals surface area (Å²) < 4.78 is 25.8. The summed E-state index contributed by atoms with van der Waals surface area (Å²) in [6.45, 7) is 0. The number of nitrogens with zero attached hydrogens (tertiary/aromatic N) is 3. The van der Waals surface area contributed by atoms with Gasteiger partial charge < -0.3 is 15.2 Å². The molecule has 0 amide bonds. The van der Waals surface area contributed by atoms with Crippen molar-refractivity contribution in [3.63, 3.8) is 0 Å². The Bertz CT molecular complexity index is 979. The van der Waals surface area contributed by atoms with E-state index in [2.05, 4.69) is 20.6 Å². The summed E-state index contributed by atoms with van der Waals surface area (Å²) in [7, 11) is 0.274. The van der Waals surface area contributed by atoms with Crippen LogP contribution in [0.1, 0.15) is 0 Å². The molecule has 0 bridgehead atoms.